The molecule has 1 saturated carbocycles. The predicted octanol–water partition coefficient (Wildman–Crippen LogP) is 3.51. The second-order valence-electron chi connectivity index (χ2n) is 5.51. The molecule has 0 aromatic rings. The highest BCUT2D eigenvalue weighted by Crippen LogP contribution is 2.29. The van der Waals surface area contributed by atoms with Crippen LogP contribution in [-0.2, 0) is 4.79 Å². The van der Waals surface area contributed by atoms with Crippen LogP contribution >= 0.6 is 0 Å². The Morgan fingerprint density at radius 1 is 1.31 bits per heavy atom. The largest absolute Gasteiger partial charge is 0.354 e. The van der Waals surface area contributed by atoms with Gasteiger partial charge in [-0.05, 0) is 37.5 Å². The van der Waals surface area contributed by atoms with Crippen LogP contribution in [0.4, 0.5) is 0 Å². The normalized spacial score (nSPS) is 27.4. The molecule has 0 heterocycles. The molecule has 1 fully saturated rings. The maximum atomic E-state index is 10.9. The van der Waals surface area contributed by atoms with Crippen molar-refractivity contribution >= 4 is 5.91 Å². The van der Waals surface area contributed by atoms with E-state index in [0.717, 1.165) is 11.8 Å². The zero-order valence-electron chi connectivity index (χ0n) is 11.1. The van der Waals surface area contributed by atoms with Crippen LogP contribution in [0.25, 0.3) is 0 Å². The predicted molar refractivity (Wildman–Crippen MR) is 68.3 cm³/mol. The number of amides is 1. The summed E-state index contributed by atoms with van der Waals surface area (Å²) in [7, 11) is 0. The van der Waals surface area contributed by atoms with Gasteiger partial charge in [0.25, 0.3) is 0 Å². The fourth-order valence-corrected chi connectivity index (χ4v) is 2.61. The zero-order chi connectivity index (χ0) is 12.0. The van der Waals surface area contributed by atoms with Crippen LogP contribution in [0.1, 0.15) is 65.7 Å². The van der Waals surface area contributed by atoms with Crippen molar-refractivity contribution in [3.8, 4) is 0 Å². The number of hydrogen-bond donors (Lipinski definition) is 1. The van der Waals surface area contributed by atoms with Gasteiger partial charge in [-0.3, -0.25) is 4.79 Å². The Hall–Kier alpha value is -0.530. The van der Waals surface area contributed by atoms with Gasteiger partial charge in [-0.1, -0.05) is 33.1 Å². The van der Waals surface area contributed by atoms with E-state index in [4.69, 9.17) is 0 Å². The Bertz CT molecular complexity index is 207. The maximum Gasteiger partial charge on any atom is 0.217 e. The molecule has 1 aliphatic carbocycles. The van der Waals surface area contributed by atoms with Crippen molar-refractivity contribution in [2.45, 2.75) is 71.8 Å². The van der Waals surface area contributed by atoms with Crippen LogP contribution in [0.2, 0.25) is 0 Å². The Morgan fingerprint density at radius 2 is 1.94 bits per heavy atom. The number of carbonyl (C=O) groups excluding carboxylic acids is 1. The highest BCUT2D eigenvalue weighted by atomic mass is 16.1. The van der Waals surface area contributed by atoms with Gasteiger partial charge in [0.1, 0.15) is 0 Å². The van der Waals surface area contributed by atoms with E-state index in [0.29, 0.717) is 6.04 Å². The van der Waals surface area contributed by atoms with Gasteiger partial charge in [0.05, 0.1) is 0 Å². The van der Waals surface area contributed by atoms with Crippen molar-refractivity contribution < 1.29 is 4.79 Å². The molecule has 2 nitrogen and oxygen atoms in total. The minimum Gasteiger partial charge on any atom is -0.354 e. The van der Waals surface area contributed by atoms with Gasteiger partial charge in [-0.2, -0.15) is 0 Å². The summed E-state index contributed by atoms with van der Waals surface area (Å²) in [5.74, 6) is 1.93. The third-order valence-corrected chi connectivity index (χ3v) is 4.02. The standard InChI is InChI=1S/C14H27NO/c1-4-11(2)5-6-13-7-9-14(10-8-13)15-12(3)16/h11,13-14H,4-10H2,1-3H3,(H,15,16). The van der Waals surface area contributed by atoms with Crippen molar-refractivity contribution in [2.24, 2.45) is 11.8 Å². The van der Waals surface area contributed by atoms with Gasteiger partial charge in [0.2, 0.25) is 5.91 Å². The van der Waals surface area contributed by atoms with Crippen molar-refractivity contribution in [3.63, 3.8) is 0 Å². The van der Waals surface area contributed by atoms with Crippen LogP contribution in [0.3, 0.4) is 0 Å². The Balaban J connectivity index is 2.14. The number of nitrogens with one attached hydrogen (secondary N) is 1. The minimum absolute atomic E-state index is 0.128. The van der Waals surface area contributed by atoms with Gasteiger partial charge >= 0.3 is 0 Å². The summed E-state index contributed by atoms with van der Waals surface area (Å²) in [5.41, 5.74) is 0. The summed E-state index contributed by atoms with van der Waals surface area (Å²) in [5, 5.41) is 3.04. The van der Waals surface area contributed by atoms with Crippen LogP contribution in [0.15, 0.2) is 0 Å². The topological polar surface area (TPSA) is 29.1 Å². The highest BCUT2D eigenvalue weighted by Gasteiger charge is 2.21. The van der Waals surface area contributed by atoms with Gasteiger partial charge in [0, 0.05) is 13.0 Å². The van der Waals surface area contributed by atoms with Crippen LogP contribution in [0.5, 0.6) is 0 Å². The molecule has 1 N–H and O–H groups in total. The van der Waals surface area contributed by atoms with Crippen molar-refractivity contribution in [3.05, 3.63) is 0 Å². The summed E-state index contributed by atoms with van der Waals surface area (Å²) < 4.78 is 0. The van der Waals surface area contributed by atoms with Crippen molar-refractivity contribution in [1.82, 2.24) is 5.32 Å². The molecule has 0 spiro atoms. The lowest BCUT2D eigenvalue weighted by atomic mass is 9.82. The first-order valence-electron chi connectivity index (χ1n) is 6.88. The smallest absolute Gasteiger partial charge is 0.217 e. The molecule has 94 valence electrons. The molecule has 1 amide bonds. The van der Waals surface area contributed by atoms with E-state index in [-0.39, 0.29) is 5.91 Å². The summed E-state index contributed by atoms with van der Waals surface area (Å²) >= 11 is 0. The molecule has 0 aromatic heterocycles. The molecule has 2 heteroatoms. The Kier molecular flexibility index (Phi) is 5.86. The van der Waals surface area contributed by atoms with Crippen molar-refractivity contribution in [2.75, 3.05) is 0 Å². The molecule has 0 aromatic carbocycles. The second kappa shape index (κ2) is 6.93. The SMILES string of the molecule is CCC(C)CCC1CCC(NC(C)=O)CC1. The second-order valence-corrected chi connectivity index (χ2v) is 5.51. The molecule has 0 bridgehead atoms. The molecule has 0 aliphatic heterocycles. The van der Waals surface area contributed by atoms with E-state index >= 15 is 0 Å². The van der Waals surface area contributed by atoms with Gasteiger partial charge < -0.3 is 5.32 Å². The van der Waals surface area contributed by atoms with E-state index in [1.54, 1.807) is 6.92 Å². The number of carbonyl (C=O) groups is 1. The fraction of sp³-hybridized carbons (Fsp3) is 0.929. The molecule has 1 aliphatic rings. The van der Waals surface area contributed by atoms with Gasteiger partial charge in [0.15, 0.2) is 0 Å². The minimum atomic E-state index is 0.128. The monoisotopic (exact) mass is 225 g/mol. The van der Waals surface area contributed by atoms with E-state index in [2.05, 4.69) is 19.2 Å². The average Bonchev–Trinajstić information content (AvgIpc) is 2.27. The maximum absolute atomic E-state index is 10.9. The Morgan fingerprint density at radius 3 is 2.44 bits per heavy atom. The summed E-state index contributed by atoms with van der Waals surface area (Å²) in [6.45, 7) is 6.25. The third kappa shape index (κ3) is 5.00. The molecule has 1 atom stereocenters. The molecular weight excluding hydrogens is 198 g/mol. The molecule has 0 saturated heterocycles. The van der Waals surface area contributed by atoms with E-state index in [1.807, 2.05) is 0 Å². The molecule has 1 rings (SSSR count). The molecular formula is C14H27NO. The van der Waals surface area contributed by atoms with E-state index < -0.39 is 0 Å². The highest BCUT2D eigenvalue weighted by molar-refractivity contribution is 5.73. The lowest BCUT2D eigenvalue weighted by molar-refractivity contribution is -0.119. The Labute approximate surface area is 100 Å². The average molecular weight is 225 g/mol. The first-order valence-corrected chi connectivity index (χ1v) is 6.88. The van der Waals surface area contributed by atoms with E-state index in [9.17, 15) is 4.79 Å². The first kappa shape index (κ1) is 13.5. The molecule has 0 radical (unpaired) electrons. The summed E-state index contributed by atoms with van der Waals surface area (Å²) in [6.07, 6.45) is 9.06. The lowest BCUT2D eigenvalue weighted by Crippen LogP contribution is -2.36. The van der Waals surface area contributed by atoms with Gasteiger partial charge in [-0.25, -0.2) is 0 Å². The van der Waals surface area contributed by atoms with Crippen LogP contribution in [-0.4, -0.2) is 11.9 Å². The van der Waals surface area contributed by atoms with E-state index in [1.165, 1.54) is 44.9 Å². The zero-order valence-corrected chi connectivity index (χ0v) is 11.1. The van der Waals surface area contributed by atoms with Gasteiger partial charge in [-0.15, -0.1) is 0 Å². The lowest BCUT2D eigenvalue weighted by Gasteiger charge is -2.29. The fourth-order valence-electron chi connectivity index (χ4n) is 2.61. The molecule has 1 unspecified atom stereocenters. The van der Waals surface area contributed by atoms with Crippen molar-refractivity contribution in [1.29, 1.82) is 0 Å². The third-order valence-electron chi connectivity index (χ3n) is 4.02. The van der Waals surface area contributed by atoms with Crippen LogP contribution < -0.4 is 5.32 Å². The number of hydrogen-bond acceptors (Lipinski definition) is 1. The first-order chi connectivity index (χ1) is 7.61. The summed E-state index contributed by atoms with van der Waals surface area (Å²) in [4.78, 5) is 10.9. The molecule has 16 heavy (non-hydrogen) atoms. The van der Waals surface area contributed by atoms with Crippen LogP contribution in [0, 0.1) is 11.8 Å². The number of rotatable bonds is 5. The summed E-state index contributed by atoms with van der Waals surface area (Å²) in [6, 6.07) is 0.456. The quantitative estimate of drug-likeness (QED) is 0.762.